The second kappa shape index (κ2) is 11.3. The summed E-state index contributed by atoms with van der Waals surface area (Å²) in [5.41, 5.74) is -9.01. The summed E-state index contributed by atoms with van der Waals surface area (Å²) in [6.07, 6.45) is -10.2. The fraction of sp³-hybridized carbons (Fsp3) is 0.542. The molecule has 222 valence electrons. The molecule has 0 aliphatic heterocycles. The van der Waals surface area contributed by atoms with Crippen molar-refractivity contribution in [1.82, 2.24) is 15.2 Å². The van der Waals surface area contributed by atoms with Crippen LogP contribution in [-0.4, -0.2) is 69.0 Å². The van der Waals surface area contributed by atoms with E-state index in [4.69, 9.17) is 23.2 Å². The molecule has 0 saturated heterocycles. The largest absolute Gasteiger partial charge is 0.430 e. The fourth-order valence-electron chi connectivity index (χ4n) is 4.07. The van der Waals surface area contributed by atoms with Crippen LogP contribution in [0.1, 0.15) is 65.9 Å². The Morgan fingerprint density at radius 3 is 2.10 bits per heavy atom. The van der Waals surface area contributed by atoms with E-state index in [0.29, 0.717) is 30.2 Å². The molecule has 0 bridgehead atoms. The van der Waals surface area contributed by atoms with E-state index in [2.05, 4.69) is 10.3 Å². The molecule has 0 unspecified atom stereocenters. The van der Waals surface area contributed by atoms with Gasteiger partial charge in [-0.25, -0.2) is 4.98 Å². The van der Waals surface area contributed by atoms with E-state index in [9.17, 15) is 46.1 Å². The maximum Gasteiger partial charge on any atom is 0.430 e. The average Bonchev–Trinajstić information content (AvgIpc) is 3.21. The Morgan fingerprint density at radius 2 is 1.65 bits per heavy atom. The molecule has 0 spiro atoms. The lowest BCUT2D eigenvalue weighted by Gasteiger charge is -2.40. The van der Waals surface area contributed by atoms with Crippen LogP contribution in [0.4, 0.5) is 26.3 Å². The summed E-state index contributed by atoms with van der Waals surface area (Å²) in [7, 11) is 0. The molecule has 1 heterocycles. The molecule has 1 aromatic heterocycles. The number of thiazole rings is 1. The molecule has 7 nitrogen and oxygen atoms in total. The van der Waals surface area contributed by atoms with Crippen LogP contribution in [0, 0.1) is 0 Å². The van der Waals surface area contributed by atoms with Crippen LogP contribution >= 0.6 is 34.5 Å². The maximum atomic E-state index is 13.5. The molecule has 1 saturated carbocycles. The minimum atomic E-state index is -6.21. The average molecular weight is 636 g/mol. The lowest BCUT2D eigenvalue weighted by atomic mass is 9.90. The van der Waals surface area contributed by atoms with Gasteiger partial charge in [-0.3, -0.25) is 9.59 Å². The standard InChI is InChI=1S/C24H25Cl2F6N3O4S/c1-4-33-18(36)16-17(40-19(34-16)20(37)35(10-21(2,3)38)11-6-5-7-11)12-8-9-13(15(26)14(12)25)22(39,23(27,28)29)24(30,31)32/h8-9,11,38-39H,4-7,10H2,1-3H3,(H,33,36). The van der Waals surface area contributed by atoms with E-state index in [1.165, 1.54) is 18.7 Å². The van der Waals surface area contributed by atoms with Gasteiger partial charge < -0.3 is 20.4 Å². The molecule has 1 aliphatic rings. The van der Waals surface area contributed by atoms with Gasteiger partial charge in [0, 0.05) is 30.3 Å². The van der Waals surface area contributed by atoms with Gasteiger partial charge in [0.25, 0.3) is 17.4 Å². The van der Waals surface area contributed by atoms with Gasteiger partial charge in [-0.15, -0.1) is 11.3 Å². The number of aromatic nitrogens is 1. The van der Waals surface area contributed by atoms with Crippen LogP contribution in [0.2, 0.25) is 10.0 Å². The molecule has 2 aromatic rings. The molecule has 1 fully saturated rings. The third-order valence-corrected chi connectivity index (χ3v) is 8.19. The lowest BCUT2D eigenvalue weighted by molar-refractivity contribution is -0.376. The molecule has 0 atom stereocenters. The molecular weight excluding hydrogens is 611 g/mol. The van der Waals surface area contributed by atoms with E-state index >= 15 is 0 Å². The smallest absolute Gasteiger partial charge is 0.389 e. The number of benzene rings is 1. The lowest BCUT2D eigenvalue weighted by Crippen LogP contribution is -2.54. The van der Waals surface area contributed by atoms with E-state index in [-0.39, 0.29) is 40.3 Å². The second-order valence-corrected chi connectivity index (χ2v) is 11.6. The Kier molecular flexibility index (Phi) is 9.13. The topological polar surface area (TPSA) is 103 Å². The number of alkyl halides is 6. The minimum absolute atomic E-state index is 0.0589. The van der Waals surface area contributed by atoms with E-state index in [1.54, 1.807) is 6.92 Å². The van der Waals surface area contributed by atoms with Gasteiger partial charge in [0.15, 0.2) is 5.01 Å². The van der Waals surface area contributed by atoms with Gasteiger partial charge in [0.2, 0.25) is 0 Å². The number of amides is 2. The van der Waals surface area contributed by atoms with Crippen molar-refractivity contribution in [3.63, 3.8) is 0 Å². The zero-order valence-electron chi connectivity index (χ0n) is 21.3. The molecule has 1 aliphatic carbocycles. The molecule has 3 rings (SSSR count). The summed E-state index contributed by atoms with van der Waals surface area (Å²) in [6.45, 7) is 4.67. The van der Waals surface area contributed by atoms with Gasteiger partial charge in [0.1, 0.15) is 5.69 Å². The number of carbonyl (C=O) groups is 2. The summed E-state index contributed by atoms with van der Waals surface area (Å²) in [6, 6.07) is 0.845. The molecular formula is C24H25Cl2F6N3O4S. The molecule has 1 aromatic carbocycles. The van der Waals surface area contributed by atoms with Crippen LogP contribution < -0.4 is 5.32 Å². The summed E-state index contributed by atoms with van der Waals surface area (Å²) in [5, 5.41) is 20.3. The van der Waals surface area contributed by atoms with E-state index in [0.717, 1.165) is 12.5 Å². The highest BCUT2D eigenvalue weighted by molar-refractivity contribution is 7.17. The van der Waals surface area contributed by atoms with Crippen molar-refractivity contribution in [2.75, 3.05) is 13.1 Å². The SMILES string of the molecule is CCNC(=O)c1nc(C(=O)N(CC(C)(C)O)C2CCC2)sc1-c1ccc(C(O)(C(F)(F)F)C(F)(F)F)c(Cl)c1Cl. The Labute approximate surface area is 239 Å². The van der Waals surface area contributed by atoms with Gasteiger partial charge in [-0.1, -0.05) is 35.3 Å². The molecule has 2 amide bonds. The van der Waals surface area contributed by atoms with Crippen molar-refractivity contribution in [2.45, 2.75) is 69.6 Å². The highest BCUT2D eigenvalue weighted by Crippen LogP contribution is 2.54. The zero-order valence-corrected chi connectivity index (χ0v) is 23.6. The molecule has 3 N–H and O–H groups in total. The normalized spacial score (nSPS) is 15.1. The highest BCUT2D eigenvalue weighted by Gasteiger charge is 2.72. The van der Waals surface area contributed by atoms with Crippen LogP contribution in [0.3, 0.4) is 0 Å². The first-order chi connectivity index (χ1) is 18.2. The number of rotatable bonds is 8. The summed E-state index contributed by atoms with van der Waals surface area (Å²) in [4.78, 5) is 31.7. The van der Waals surface area contributed by atoms with Crippen molar-refractivity contribution in [2.24, 2.45) is 0 Å². The van der Waals surface area contributed by atoms with Crippen LogP contribution in [-0.2, 0) is 5.60 Å². The number of carbonyl (C=O) groups excluding carboxylic acids is 2. The van der Waals surface area contributed by atoms with Gasteiger partial charge >= 0.3 is 12.4 Å². The van der Waals surface area contributed by atoms with Crippen molar-refractivity contribution in [3.8, 4) is 10.4 Å². The highest BCUT2D eigenvalue weighted by atomic mass is 35.5. The van der Waals surface area contributed by atoms with Gasteiger partial charge in [0.05, 0.1) is 20.5 Å². The van der Waals surface area contributed by atoms with Crippen molar-refractivity contribution >= 4 is 46.4 Å². The number of halogens is 8. The summed E-state index contributed by atoms with van der Waals surface area (Å²) in [5.74, 6) is -1.42. The molecule has 40 heavy (non-hydrogen) atoms. The predicted molar refractivity (Wildman–Crippen MR) is 137 cm³/mol. The number of aliphatic hydroxyl groups is 2. The quantitative estimate of drug-likeness (QED) is 0.311. The summed E-state index contributed by atoms with van der Waals surface area (Å²) >= 11 is 12.7. The first-order valence-electron chi connectivity index (χ1n) is 11.9. The Morgan fingerprint density at radius 1 is 1.07 bits per heavy atom. The second-order valence-electron chi connectivity index (χ2n) is 9.88. The van der Waals surface area contributed by atoms with Crippen LogP contribution in [0.15, 0.2) is 12.1 Å². The van der Waals surface area contributed by atoms with Crippen molar-refractivity contribution in [3.05, 3.63) is 38.4 Å². The molecule has 16 heteroatoms. The Hall–Kier alpha value is -2.13. The first kappa shape index (κ1) is 32.4. The number of hydrogen-bond donors (Lipinski definition) is 3. The number of nitrogens with one attached hydrogen (secondary N) is 1. The van der Waals surface area contributed by atoms with E-state index in [1.807, 2.05) is 0 Å². The fourth-order valence-corrected chi connectivity index (χ4v) is 5.73. The molecule has 0 radical (unpaired) electrons. The Bertz CT molecular complexity index is 1280. The first-order valence-corrected chi connectivity index (χ1v) is 13.5. The third-order valence-electron chi connectivity index (χ3n) is 6.23. The predicted octanol–water partition coefficient (Wildman–Crippen LogP) is 5.94. The van der Waals surface area contributed by atoms with Crippen LogP contribution in [0.25, 0.3) is 10.4 Å². The maximum absolute atomic E-state index is 13.5. The van der Waals surface area contributed by atoms with Crippen molar-refractivity contribution < 1.29 is 46.1 Å². The monoisotopic (exact) mass is 635 g/mol. The van der Waals surface area contributed by atoms with E-state index < -0.39 is 51.0 Å². The Balaban J connectivity index is 2.18. The van der Waals surface area contributed by atoms with Crippen molar-refractivity contribution in [1.29, 1.82) is 0 Å². The van der Waals surface area contributed by atoms with Gasteiger partial charge in [-0.05, 0) is 40.0 Å². The van der Waals surface area contributed by atoms with Gasteiger partial charge in [-0.2, -0.15) is 26.3 Å². The minimum Gasteiger partial charge on any atom is -0.389 e. The number of nitrogens with zero attached hydrogens (tertiary/aromatic N) is 2. The van der Waals surface area contributed by atoms with Crippen LogP contribution in [0.5, 0.6) is 0 Å². The summed E-state index contributed by atoms with van der Waals surface area (Å²) < 4.78 is 80.8. The zero-order chi connectivity index (χ0) is 30.4. The number of hydrogen-bond acceptors (Lipinski definition) is 6. The third kappa shape index (κ3) is 6.06.